The summed E-state index contributed by atoms with van der Waals surface area (Å²) in [5.41, 5.74) is 5.48. The van der Waals surface area contributed by atoms with Crippen LogP contribution in [0.15, 0.2) is 12.1 Å². The lowest BCUT2D eigenvalue weighted by Gasteiger charge is -2.37. The van der Waals surface area contributed by atoms with Crippen molar-refractivity contribution in [2.24, 2.45) is 11.8 Å². The number of hydrogen-bond acceptors (Lipinski definition) is 4. The molecule has 1 amide bonds. The van der Waals surface area contributed by atoms with Gasteiger partial charge in [-0.15, -0.1) is 34.0 Å². The van der Waals surface area contributed by atoms with Gasteiger partial charge in [0.1, 0.15) is 0 Å². The maximum atomic E-state index is 12.8. The average Bonchev–Trinajstić information content (AvgIpc) is 3.70. The number of rotatable bonds is 13. The van der Waals surface area contributed by atoms with Crippen LogP contribution in [0.1, 0.15) is 129 Å². The summed E-state index contributed by atoms with van der Waals surface area (Å²) in [4.78, 5) is 21.1. The molecule has 0 aromatic carbocycles. The molecule has 0 saturated heterocycles. The zero-order chi connectivity index (χ0) is 27.0. The third-order valence-corrected chi connectivity index (χ3v) is 12.9. The van der Waals surface area contributed by atoms with Crippen LogP contribution in [0.2, 0.25) is 0 Å². The number of carbonyl (C=O) groups is 1. The second-order valence-corrected chi connectivity index (χ2v) is 15.3. The molecular formula is C33H45NOS3. The van der Waals surface area contributed by atoms with Crippen LogP contribution < -0.4 is 5.32 Å². The summed E-state index contributed by atoms with van der Waals surface area (Å²) in [7, 11) is 0. The maximum Gasteiger partial charge on any atom is 0.253 e. The summed E-state index contributed by atoms with van der Waals surface area (Å²) in [6, 6.07) is 5.09. The highest BCUT2D eigenvalue weighted by atomic mass is 32.1. The molecular weight excluding hydrogens is 523 g/mol. The van der Waals surface area contributed by atoms with Crippen molar-refractivity contribution in [3.63, 3.8) is 0 Å². The van der Waals surface area contributed by atoms with Gasteiger partial charge in [-0.25, -0.2) is 0 Å². The fourth-order valence-corrected chi connectivity index (χ4v) is 10.9. The lowest BCUT2D eigenvalue weighted by molar-refractivity contribution is 0.0966. The van der Waals surface area contributed by atoms with Gasteiger partial charge in [-0.2, -0.15) is 0 Å². The van der Waals surface area contributed by atoms with E-state index in [1.807, 2.05) is 34.0 Å². The summed E-state index contributed by atoms with van der Waals surface area (Å²) in [6.45, 7) is 14.6. The quantitative estimate of drug-likeness (QED) is 0.219. The molecule has 0 bridgehead atoms. The lowest BCUT2D eigenvalue weighted by Crippen LogP contribution is -2.31. The first-order chi connectivity index (χ1) is 18.4. The second kappa shape index (κ2) is 11.6. The van der Waals surface area contributed by atoms with E-state index in [0.717, 1.165) is 17.4 Å². The van der Waals surface area contributed by atoms with Crippen molar-refractivity contribution in [3.05, 3.63) is 44.1 Å². The number of thiophene rings is 3. The molecule has 4 heterocycles. The van der Waals surface area contributed by atoms with E-state index in [9.17, 15) is 4.79 Å². The number of unbranched alkanes of at least 4 members (excludes halogenated alkanes) is 2. The molecule has 3 aromatic rings. The predicted molar refractivity (Wildman–Crippen MR) is 168 cm³/mol. The highest BCUT2D eigenvalue weighted by Crippen LogP contribution is 2.62. The summed E-state index contributed by atoms with van der Waals surface area (Å²) >= 11 is 5.79. The standard InChI is InChI=1S/C33H45NOS3/c1-7-11-13-22(9-3)17-33(18-23(10-4)14-12-8-2)25-15-20(5)36-29(25)30-26(33)16-27(38-30)31-28-24(21(6)37-31)19-34-32(28)35/h15-16,22-23H,7-14,17-19H2,1-6H3,(H,34,35). The molecule has 0 fully saturated rings. The number of nitrogens with one attached hydrogen (secondary N) is 1. The smallest absolute Gasteiger partial charge is 0.253 e. The molecule has 3 aromatic heterocycles. The van der Waals surface area contributed by atoms with Crippen molar-refractivity contribution in [1.29, 1.82) is 0 Å². The SMILES string of the molecule is CCCCC(CC)CC1(CC(CC)CCCC)c2cc(C)sc2-c2sc(-c3sc(C)c4c3C(=O)NC4)cc21. The van der Waals surface area contributed by atoms with E-state index >= 15 is 0 Å². The van der Waals surface area contributed by atoms with Crippen molar-refractivity contribution in [2.75, 3.05) is 0 Å². The minimum atomic E-state index is 0.102. The average molecular weight is 568 g/mol. The maximum absolute atomic E-state index is 12.8. The Morgan fingerprint density at radius 2 is 1.45 bits per heavy atom. The molecule has 1 aliphatic carbocycles. The van der Waals surface area contributed by atoms with E-state index in [0.29, 0.717) is 6.54 Å². The molecule has 38 heavy (non-hydrogen) atoms. The summed E-state index contributed by atoms with van der Waals surface area (Å²) < 4.78 is 0. The minimum Gasteiger partial charge on any atom is -0.348 e. The van der Waals surface area contributed by atoms with Crippen LogP contribution in [0.5, 0.6) is 0 Å². The molecule has 0 saturated carbocycles. The minimum absolute atomic E-state index is 0.102. The Hall–Kier alpha value is -1.43. The van der Waals surface area contributed by atoms with Crippen LogP contribution in [0, 0.1) is 25.7 Å². The van der Waals surface area contributed by atoms with Crippen LogP contribution in [0.4, 0.5) is 0 Å². The molecule has 2 atom stereocenters. The Balaban J connectivity index is 1.66. The number of amides is 1. The van der Waals surface area contributed by atoms with Gasteiger partial charge in [0.2, 0.25) is 0 Å². The predicted octanol–water partition coefficient (Wildman–Crippen LogP) is 10.9. The van der Waals surface area contributed by atoms with Gasteiger partial charge in [-0.1, -0.05) is 79.1 Å². The van der Waals surface area contributed by atoms with Gasteiger partial charge in [-0.05, 0) is 67.3 Å². The van der Waals surface area contributed by atoms with E-state index in [-0.39, 0.29) is 11.3 Å². The monoisotopic (exact) mass is 567 g/mol. The second-order valence-electron chi connectivity index (χ2n) is 11.8. The van der Waals surface area contributed by atoms with Crippen molar-refractivity contribution >= 4 is 39.9 Å². The van der Waals surface area contributed by atoms with Gasteiger partial charge in [0.15, 0.2) is 0 Å². The Morgan fingerprint density at radius 3 is 2.05 bits per heavy atom. The third kappa shape index (κ3) is 4.86. The normalized spacial score (nSPS) is 19.4. The lowest BCUT2D eigenvalue weighted by atomic mass is 9.65. The Kier molecular flexibility index (Phi) is 8.57. The highest BCUT2D eigenvalue weighted by Gasteiger charge is 2.48. The highest BCUT2D eigenvalue weighted by molar-refractivity contribution is 7.27. The molecule has 1 N–H and O–H groups in total. The Morgan fingerprint density at radius 1 is 0.842 bits per heavy atom. The molecule has 206 valence electrons. The largest absolute Gasteiger partial charge is 0.348 e. The fourth-order valence-electron chi connectivity index (χ4n) is 7.07. The number of fused-ring (bicyclic) bond motifs is 4. The van der Waals surface area contributed by atoms with E-state index in [2.05, 4.69) is 59.0 Å². The fraction of sp³-hybridized carbons (Fsp3) is 0.606. The van der Waals surface area contributed by atoms with Crippen molar-refractivity contribution in [3.8, 4) is 19.5 Å². The molecule has 0 radical (unpaired) electrons. The van der Waals surface area contributed by atoms with Gasteiger partial charge in [0.05, 0.1) is 10.4 Å². The van der Waals surface area contributed by atoms with Crippen molar-refractivity contribution in [1.82, 2.24) is 5.32 Å². The molecule has 2 aliphatic rings. The van der Waals surface area contributed by atoms with Gasteiger partial charge in [-0.3, -0.25) is 4.79 Å². The first kappa shape index (κ1) is 28.1. The Labute approximate surface area is 242 Å². The number of aryl methyl sites for hydroxylation is 2. The van der Waals surface area contributed by atoms with Gasteiger partial charge < -0.3 is 5.32 Å². The first-order valence-electron chi connectivity index (χ1n) is 15.0. The van der Waals surface area contributed by atoms with Crippen molar-refractivity contribution in [2.45, 2.75) is 118 Å². The molecule has 2 nitrogen and oxygen atoms in total. The summed E-state index contributed by atoms with van der Waals surface area (Å²) in [5, 5.41) is 3.08. The number of carbonyl (C=O) groups excluding carboxylic acids is 1. The van der Waals surface area contributed by atoms with Crippen LogP contribution in [-0.4, -0.2) is 5.91 Å². The van der Waals surface area contributed by atoms with Crippen LogP contribution in [0.3, 0.4) is 0 Å². The van der Waals surface area contributed by atoms with Crippen LogP contribution in [-0.2, 0) is 12.0 Å². The third-order valence-electron chi connectivity index (χ3n) is 9.27. The Bertz CT molecular complexity index is 1270. The van der Waals surface area contributed by atoms with E-state index in [4.69, 9.17) is 0 Å². The summed E-state index contributed by atoms with van der Waals surface area (Å²) in [5.74, 6) is 1.61. The van der Waals surface area contributed by atoms with E-state index in [1.165, 1.54) is 99.0 Å². The van der Waals surface area contributed by atoms with Gasteiger partial charge in [0, 0.05) is 36.3 Å². The molecule has 5 rings (SSSR count). The topological polar surface area (TPSA) is 29.1 Å². The van der Waals surface area contributed by atoms with E-state index in [1.54, 1.807) is 11.1 Å². The molecule has 1 aliphatic heterocycles. The zero-order valence-corrected chi connectivity index (χ0v) is 26.7. The van der Waals surface area contributed by atoms with Crippen LogP contribution in [0.25, 0.3) is 19.5 Å². The molecule has 5 heteroatoms. The van der Waals surface area contributed by atoms with Crippen molar-refractivity contribution < 1.29 is 4.79 Å². The molecule has 2 unspecified atom stereocenters. The van der Waals surface area contributed by atoms with Gasteiger partial charge >= 0.3 is 0 Å². The number of hydrogen-bond donors (Lipinski definition) is 1. The molecule has 0 spiro atoms. The van der Waals surface area contributed by atoms with Gasteiger partial charge in [0.25, 0.3) is 5.91 Å². The zero-order valence-electron chi connectivity index (χ0n) is 24.2. The summed E-state index contributed by atoms with van der Waals surface area (Å²) in [6.07, 6.45) is 12.9. The van der Waals surface area contributed by atoms with E-state index < -0.39 is 0 Å². The first-order valence-corrected chi connectivity index (χ1v) is 17.5. The van der Waals surface area contributed by atoms with Crippen LogP contribution >= 0.6 is 34.0 Å².